The summed E-state index contributed by atoms with van der Waals surface area (Å²) in [5, 5.41) is 0. The molecule has 2 fully saturated rings. The number of amides is 3. The summed E-state index contributed by atoms with van der Waals surface area (Å²) in [5.41, 5.74) is 0.936. The smallest absolute Gasteiger partial charge is 0.262 e. The zero-order valence-electron chi connectivity index (χ0n) is 14.7. The molecule has 1 aromatic rings. The van der Waals surface area contributed by atoms with Crippen molar-refractivity contribution in [1.29, 1.82) is 0 Å². The molecule has 0 N–H and O–H groups in total. The van der Waals surface area contributed by atoms with Crippen LogP contribution in [0.4, 0.5) is 0 Å². The third kappa shape index (κ3) is 3.12. The number of nitrogens with zero attached hydrogens (tertiary/aromatic N) is 3. The van der Waals surface area contributed by atoms with E-state index in [2.05, 4.69) is 0 Å². The second-order valence-corrected chi connectivity index (χ2v) is 7.08. The molecule has 0 aromatic heterocycles. The lowest BCUT2D eigenvalue weighted by Crippen LogP contribution is -2.50. The monoisotopic (exact) mass is 357 g/mol. The van der Waals surface area contributed by atoms with Crippen LogP contribution in [0.2, 0.25) is 0 Å². The number of carbonyl (C=O) groups excluding carboxylic acids is 3. The number of carbonyl (C=O) groups is 3. The molecule has 0 spiro atoms. The van der Waals surface area contributed by atoms with E-state index in [0.29, 0.717) is 44.0 Å². The zero-order valence-corrected chi connectivity index (χ0v) is 14.7. The van der Waals surface area contributed by atoms with E-state index in [-0.39, 0.29) is 30.3 Å². The topological polar surface area (TPSA) is 70.2 Å². The van der Waals surface area contributed by atoms with Gasteiger partial charge < -0.3 is 9.64 Å². The number of fused-ring (bicyclic) bond motifs is 1. The summed E-state index contributed by atoms with van der Waals surface area (Å²) in [6, 6.07) is 6.92. The quantitative estimate of drug-likeness (QED) is 0.749. The molecule has 0 bridgehead atoms. The highest BCUT2D eigenvalue weighted by atomic mass is 16.5. The minimum absolute atomic E-state index is 0.0722. The minimum atomic E-state index is -0.243. The van der Waals surface area contributed by atoms with Crippen molar-refractivity contribution in [2.75, 3.05) is 46.1 Å². The zero-order chi connectivity index (χ0) is 18.1. The number of hydrogen-bond donors (Lipinski definition) is 0. The highest BCUT2D eigenvalue weighted by Gasteiger charge is 2.37. The van der Waals surface area contributed by atoms with Crippen LogP contribution in [0.15, 0.2) is 24.3 Å². The first-order valence-corrected chi connectivity index (χ1v) is 9.19. The summed E-state index contributed by atoms with van der Waals surface area (Å²) in [6.45, 7) is 4.11. The van der Waals surface area contributed by atoms with E-state index < -0.39 is 0 Å². The molecule has 2 saturated heterocycles. The molecule has 0 aliphatic carbocycles. The molecule has 1 atom stereocenters. The standard InChI is InChI=1S/C19H23N3O4/c23-17(21-8-10-26-11-9-21)14-4-3-7-20(12-14)13-22-18(24)15-5-1-2-6-16(15)19(22)25/h1-2,5-6,14H,3-4,7-13H2. The van der Waals surface area contributed by atoms with Crippen molar-refractivity contribution in [3.05, 3.63) is 35.4 Å². The molecule has 1 unspecified atom stereocenters. The Balaban J connectivity index is 1.40. The van der Waals surface area contributed by atoms with E-state index >= 15 is 0 Å². The summed E-state index contributed by atoms with van der Waals surface area (Å²) in [4.78, 5) is 43.0. The first-order valence-electron chi connectivity index (χ1n) is 9.19. The van der Waals surface area contributed by atoms with Gasteiger partial charge in [0.1, 0.15) is 0 Å². The van der Waals surface area contributed by atoms with Crippen molar-refractivity contribution in [2.45, 2.75) is 12.8 Å². The molecule has 0 radical (unpaired) electrons. The summed E-state index contributed by atoms with van der Waals surface area (Å²) < 4.78 is 5.32. The van der Waals surface area contributed by atoms with Crippen LogP contribution >= 0.6 is 0 Å². The Morgan fingerprint density at radius 3 is 2.35 bits per heavy atom. The van der Waals surface area contributed by atoms with Gasteiger partial charge in [0.05, 0.1) is 36.9 Å². The maximum Gasteiger partial charge on any atom is 0.262 e. The maximum absolute atomic E-state index is 12.7. The molecule has 3 aliphatic heterocycles. The van der Waals surface area contributed by atoms with Crippen molar-refractivity contribution in [2.24, 2.45) is 5.92 Å². The van der Waals surface area contributed by atoms with E-state index in [4.69, 9.17) is 4.74 Å². The van der Waals surface area contributed by atoms with Crippen LogP contribution in [0.3, 0.4) is 0 Å². The number of imide groups is 1. The number of piperidine rings is 1. The van der Waals surface area contributed by atoms with Gasteiger partial charge in [-0.2, -0.15) is 0 Å². The summed E-state index contributed by atoms with van der Waals surface area (Å²) in [5.74, 6) is -0.392. The normalized spacial score (nSPS) is 24.1. The fourth-order valence-corrected chi connectivity index (χ4v) is 4.00. The Morgan fingerprint density at radius 2 is 1.69 bits per heavy atom. The van der Waals surface area contributed by atoms with Crippen molar-refractivity contribution >= 4 is 17.7 Å². The third-order valence-electron chi connectivity index (χ3n) is 5.40. The molecule has 3 aliphatic rings. The number of likely N-dealkylation sites (tertiary alicyclic amines) is 1. The van der Waals surface area contributed by atoms with E-state index in [1.807, 2.05) is 9.80 Å². The molecule has 4 rings (SSSR count). The highest BCUT2D eigenvalue weighted by molar-refractivity contribution is 6.21. The van der Waals surface area contributed by atoms with Crippen molar-refractivity contribution in [3.63, 3.8) is 0 Å². The minimum Gasteiger partial charge on any atom is -0.378 e. The summed E-state index contributed by atoms with van der Waals surface area (Å²) in [7, 11) is 0. The fourth-order valence-electron chi connectivity index (χ4n) is 4.00. The second kappa shape index (κ2) is 7.17. The van der Waals surface area contributed by atoms with Gasteiger partial charge >= 0.3 is 0 Å². The number of benzene rings is 1. The molecule has 7 nitrogen and oxygen atoms in total. The molecule has 7 heteroatoms. The average Bonchev–Trinajstić information content (AvgIpc) is 2.93. The number of morpholine rings is 1. The van der Waals surface area contributed by atoms with Crippen LogP contribution in [0.1, 0.15) is 33.6 Å². The van der Waals surface area contributed by atoms with E-state index in [1.54, 1.807) is 24.3 Å². The molecule has 0 saturated carbocycles. The average molecular weight is 357 g/mol. The first kappa shape index (κ1) is 17.2. The Labute approximate surface area is 152 Å². The molecule has 26 heavy (non-hydrogen) atoms. The van der Waals surface area contributed by atoms with Crippen LogP contribution in [-0.2, 0) is 9.53 Å². The lowest BCUT2D eigenvalue weighted by atomic mass is 9.96. The van der Waals surface area contributed by atoms with E-state index in [1.165, 1.54) is 4.90 Å². The van der Waals surface area contributed by atoms with Crippen LogP contribution in [0, 0.1) is 5.92 Å². The van der Waals surface area contributed by atoms with E-state index in [9.17, 15) is 14.4 Å². The molecule has 138 valence electrons. The number of hydrogen-bond acceptors (Lipinski definition) is 5. The Morgan fingerprint density at radius 1 is 1.04 bits per heavy atom. The SMILES string of the molecule is O=C(C1CCCN(CN2C(=O)c3ccccc3C2=O)C1)N1CCOCC1. The number of rotatable bonds is 3. The van der Waals surface area contributed by atoms with Gasteiger partial charge in [-0.1, -0.05) is 12.1 Å². The first-order chi connectivity index (χ1) is 12.6. The van der Waals surface area contributed by atoms with Crippen molar-refractivity contribution in [1.82, 2.24) is 14.7 Å². The lowest BCUT2D eigenvalue weighted by Gasteiger charge is -2.37. The van der Waals surface area contributed by atoms with Crippen molar-refractivity contribution in [3.8, 4) is 0 Å². The molecular weight excluding hydrogens is 334 g/mol. The Kier molecular flexibility index (Phi) is 4.74. The van der Waals surface area contributed by atoms with Gasteiger partial charge in [-0.15, -0.1) is 0 Å². The summed E-state index contributed by atoms with van der Waals surface area (Å²) in [6.07, 6.45) is 1.75. The van der Waals surface area contributed by atoms with Crippen molar-refractivity contribution < 1.29 is 19.1 Å². The molecule has 1 aromatic carbocycles. The molecule has 3 amide bonds. The third-order valence-corrected chi connectivity index (χ3v) is 5.40. The van der Waals surface area contributed by atoms with Gasteiger partial charge in [0.25, 0.3) is 11.8 Å². The van der Waals surface area contributed by atoms with Crippen LogP contribution in [0.5, 0.6) is 0 Å². The highest BCUT2D eigenvalue weighted by Crippen LogP contribution is 2.25. The molecular formula is C19H23N3O4. The van der Waals surface area contributed by atoms with Crippen LogP contribution in [0.25, 0.3) is 0 Å². The van der Waals surface area contributed by atoms with Gasteiger partial charge in [-0.05, 0) is 31.5 Å². The largest absolute Gasteiger partial charge is 0.378 e. The van der Waals surface area contributed by atoms with Crippen LogP contribution < -0.4 is 0 Å². The molecule has 3 heterocycles. The predicted molar refractivity (Wildman–Crippen MR) is 93.5 cm³/mol. The Hall–Kier alpha value is -2.25. The lowest BCUT2D eigenvalue weighted by molar-refractivity contribution is -0.141. The predicted octanol–water partition coefficient (Wildman–Crippen LogP) is 0.811. The van der Waals surface area contributed by atoms with Gasteiger partial charge in [-0.3, -0.25) is 24.2 Å². The maximum atomic E-state index is 12.7. The van der Waals surface area contributed by atoms with Gasteiger partial charge in [-0.25, -0.2) is 0 Å². The second-order valence-electron chi connectivity index (χ2n) is 7.08. The van der Waals surface area contributed by atoms with Gasteiger partial charge in [0.2, 0.25) is 5.91 Å². The Bertz CT molecular complexity index is 694. The van der Waals surface area contributed by atoms with E-state index in [0.717, 1.165) is 19.4 Å². The number of ether oxygens (including phenoxy) is 1. The fraction of sp³-hybridized carbons (Fsp3) is 0.526. The summed E-state index contributed by atoms with van der Waals surface area (Å²) >= 11 is 0. The van der Waals surface area contributed by atoms with Crippen LogP contribution in [-0.4, -0.2) is 78.5 Å². The van der Waals surface area contributed by atoms with Gasteiger partial charge in [0, 0.05) is 19.6 Å². The van der Waals surface area contributed by atoms with Gasteiger partial charge in [0.15, 0.2) is 0 Å².